The molecule has 1 aromatic carbocycles. The van der Waals surface area contributed by atoms with Crippen molar-refractivity contribution in [2.45, 2.75) is 44.8 Å². The molecule has 0 unspecified atom stereocenters. The molecule has 1 atom stereocenters. The van der Waals surface area contributed by atoms with E-state index in [2.05, 4.69) is 46.2 Å². The summed E-state index contributed by atoms with van der Waals surface area (Å²) in [7, 11) is 2.08. The predicted octanol–water partition coefficient (Wildman–Crippen LogP) is 2.57. The SMILES string of the molecule is CN1Cc2ccccc2C[C@@H]1C(=O)N1CCC(CCn2cccn2)CC1. The molecule has 0 radical (unpaired) electrons. The highest BCUT2D eigenvalue weighted by molar-refractivity contribution is 5.82. The zero-order valence-electron chi connectivity index (χ0n) is 15.6. The Bertz CT molecular complexity index is 734. The summed E-state index contributed by atoms with van der Waals surface area (Å²) in [6.45, 7) is 3.64. The molecule has 3 heterocycles. The molecule has 2 aliphatic heterocycles. The fraction of sp³-hybridized carbons (Fsp3) is 0.524. The second-order valence-corrected chi connectivity index (χ2v) is 7.73. The molecular weight excluding hydrogens is 324 g/mol. The van der Waals surface area contributed by atoms with Crippen LogP contribution in [-0.4, -0.2) is 51.7 Å². The van der Waals surface area contributed by atoms with Crippen LogP contribution in [0.2, 0.25) is 0 Å². The van der Waals surface area contributed by atoms with Crippen molar-refractivity contribution in [1.29, 1.82) is 0 Å². The predicted molar refractivity (Wildman–Crippen MR) is 102 cm³/mol. The van der Waals surface area contributed by atoms with Crippen LogP contribution in [0.5, 0.6) is 0 Å². The second-order valence-electron chi connectivity index (χ2n) is 7.73. The highest BCUT2D eigenvalue weighted by Crippen LogP contribution is 2.26. The van der Waals surface area contributed by atoms with Gasteiger partial charge < -0.3 is 4.90 Å². The van der Waals surface area contributed by atoms with Crippen molar-refractivity contribution in [3.05, 3.63) is 53.9 Å². The van der Waals surface area contributed by atoms with Crippen LogP contribution in [0.4, 0.5) is 0 Å². The number of nitrogens with zero attached hydrogens (tertiary/aromatic N) is 4. The first-order valence-corrected chi connectivity index (χ1v) is 9.74. The van der Waals surface area contributed by atoms with Gasteiger partial charge in [0.15, 0.2) is 0 Å². The van der Waals surface area contributed by atoms with Gasteiger partial charge in [-0.05, 0) is 55.8 Å². The molecule has 0 N–H and O–H groups in total. The molecule has 26 heavy (non-hydrogen) atoms. The summed E-state index contributed by atoms with van der Waals surface area (Å²) in [5, 5.41) is 4.28. The summed E-state index contributed by atoms with van der Waals surface area (Å²) >= 11 is 0. The number of aromatic nitrogens is 2. The number of hydrogen-bond donors (Lipinski definition) is 0. The van der Waals surface area contributed by atoms with Gasteiger partial charge in [-0.25, -0.2) is 0 Å². The Labute approximate surface area is 155 Å². The largest absolute Gasteiger partial charge is 0.341 e. The molecule has 4 rings (SSSR count). The summed E-state index contributed by atoms with van der Waals surface area (Å²) in [5.74, 6) is 1.01. The van der Waals surface area contributed by atoms with Crippen molar-refractivity contribution in [3.8, 4) is 0 Å². The van der Waals surface area contributed by atoms with Crippen LogP contribution < -0.4 is 0 Å². The number of carbonyl (C=O) groups is 1. The molecule has 5 nitrogen and oxygen atoms in total. The van der Waals surface area contributed by atoms with Gasteiger partial charge in [-0.15, -0.1) is 0 Å². The van der Waals surface area contributed by atoms with Gasteiger partial charge in [-0.2, -0.15) is 5.10 Å². The first-order valence-electron chi connectivity index (χ1n) is 9.74. The number of rotatable bonds is 4. The number of likely N-dealkylation sites (N-methyl/N-ethyl adjacent to an activating group) is 1. The van der Waals surface area contributed by atoms with E-state index in [-0.39, 0.29) is 6.04 Å². The standard InChI is InChI=1S/C21H28N4O/c1-23-16-19-6-3-2-5-18(19)15-20(23)21(26)24-12-7-17(8-13-24)9-14-25-11-4-10-22-25/h2-6,10-11,17,20H,7-9,12-16H2,1H3/t20-/m1/s1. The summed E-state index contributed by atoms with van der Waals surface area (Å²) in [4.78, 5) is 17.4. The van der Waals surface area contributed by atoms with Gasteiger partial charge in [0, 0.05) is 38.6 Å². The zero-order chi connectivity index (χ0) is 17.9. The number of hydrogen-bond acceptors (Lipinski definition) is 3. The van der Waals surface area contributed by atoms with E-state index in [4.69, 9.17) is 0 Å². The van der Waals surface area contributed by atoms with Crippen molar-refractivity contribution < 1.29 is 4.79 Å². The smallest absolute Gasteiger partial charge is 0.240 e. The van der Waals surface area contributed by atoms with Gasteiger partial charge >= 0.3 is 0 Å². The molecule has 5 heteroatoms. The molecule has 138 valence electrons. The molecular formula is C21H28N4O. The van der Waals surface area contributed by atoms with E-state index in [9.17, 15) is 4.79 Å². The maximum atomic E-state index is 13.1. The lowest BCUT2D eigenvalue weighted by atomic mass is 9.91. The van der Waals surface area contributed by atoms with Gasteiger partial charge in [-0.1, -0.05) is 24.3 Å². The van der Waals surface area contributed by atoms with Crippen LogP contribution in [0.3, 0.4) is 0 Å². The lowest BCUT2D eigenvalue weighted by Gasteiger charge is -2.39. The topological polar surface area (TPSA) is 41.4 Å². The molecule has 1 amide bonds. The highest BCUT2D eigenvalue weighted by atomic mass is 16.2. The van der Waals surface area contributed by atoms with Gasteiger partial charge in [-0.3, -0.25) is 14.4 Å². The van der Waals surface area contributed by atoms with E-state index < -0.39 is 0 Å². The quantitative estimate of drug-likeness (QED) is 0.849. The monoisotopic (exact) mass is 352 g/mol. The summed E-state index contributed by atoms with van der Waals surface area (Å²) < 4.78 is 2.01. The third kappa shape index (κ3) is 3.68. The van der Waals surface area contributed by atoms with E-state index in [1.807, 2.05) is 23.1 Å². The van der Waals surface area contributed by atoms with E-state index >= 15 is 0 Å². The fourth-order valence-corrected chi connectivity index (χ4v) is 4.33. The number of benzene rings is 1. The van der Waals surface area contributed by atoms with Crippen LogP contribution >= 0.6 is 0 Å². The molecule has 0 spiro atoms. The molecule has 1 saturated heterocycles. The van der Waals surface area contributed by atoms with Crippen molar-refractivity contribution in [2.75, 3.05) is 20.1 Å². The Hall–Kier alpha value is -2.14. The number of piperidine rings is 1. The average molecular weight is 352 g/mol. The zero-order valence-corrected chi connectivity index (χ0v) is 15.6. The van der Waals surface area contributed by atoms with Gasteiger partial charge in [0.05, 0.1) is 6.04 Å². The summed E-state index contributed by atoms with van der Waals surface area (Å²) in [6, 6.07) is 10.5. The van der Waals surface area contributed by atoms with E-state index in [1.54, 1.807) is 0 Å². The Morgan fingerprint density at radius 2 is 1.92 bits per heavy atom. The van der Waals surface area contributed by atoms with Gasteiger partial charge in [0.25, 0.3) is 0 Å². The van der Waals surface area contributed by atoms with Crippen molar-refractivity contribution >= 4 is 5.91 Å². The number of carbonyl (C=O) groups excluding carboxylic acids is 1. The second kappa shape index (κ2) is 7.62. The first kappa shape index (κ1) is 17.3. The first-order chi connectivity index (χ1) is 12.7. The van der Waals surface area contributed by atoms with Crippen molar-refractivity contribution in [3.63, 3.8) is 0 Å². The third-order valence-corrected chi connectivity index (χ3v) is 6.02. The molecule has 0 saturated carbocycles. The lowest BCUT2D eigenvalue weighted by molar-refractivity contribution is -0.138. The average Bonchev–Trinajstić information content (AvgIpc) is 3.19. The van der Waals surface area contributed by atoms with E-state index in [1.165, 1.54) is 11.1 Å². The molecule has 2 aliphatic rings. The van der Waals surface area contributed by atoms with Crippen LogP contribution in [0, 0.1) is 5.92 Å². The number of aryl methyl sites for hydroxylation is 1. The normalized spacial score (nSPS) is 21.6. The van der Waals surface area contributed by atoms with Crippen LogP contribution in [0.25, 0.3) is 0 Å². The number of amides is 1. The van der Waals surface area contributed by atoms with Crippen LogP contribution in [-0.2, 0) is 24.3 Å². The Morgan fingerprint density at radius 3 is 2.65 bits per heavy atom. The van der Waals surface area contributed by atoms with Crippen LogP contribution in [0.15, 0.2) is 42.7 Å². The minimum absolute atomic E-state index is 0.00877. The maximum absolute atomic E-state index is 13.1. The molecule has 1 fully saturated rings. The summed E-state index contributed by atoms with van der Waals surface area (Å²) in [5.41, 5.74) is 2.69. The Kier molecular flexibility index (Phi) is 5.07. The molecule has 1 aromatic heterocycles. The Balaban J connectivity index is 1.31. The molecule has 0 aliphatic carbocycles. The highest BCUT2D eigenvalue weighted by Gasteiger charge is 2.33. The van der Waals surface area contributed by atoms with Crippen molar-refractivity contribution in [2.24, 2.45) is 5.92 Å². The lowest BCUT2D eigenvalue weighted by Crippen LogP contribution is -2.52. The number of fused-ring (bicyclic) bond motifs is 1. The Morgan fingerprint density at radius 1 is 1.15 bits per heavy atom. The van der Waals surface area contributed by atoms with Gasteiger partial charge in [0.2, 0.25) is 5.91 Å². The fourth-order valence-electron chi connectivity index (χ4n) is 4.33. The van der Waals surface area contributed by atoms with Gasteiger partial charge in [0.1, 0.15) is 0 Å². The van der Waals surface area contributed by atoms with Crippen LogP contribution in [0.1, 0.15) is 30.4 Å². The minimum Gasteiger partial charge on any atom is -0.341 e. The molecule has 0 bridgehead atoms. The molecule has 2 aromatic rings. The third-order valence-electron chi connectivity index (χ3n) is 6.02. The van der Waals surface area contributed by atoms with Crippen molar-refractivity contribution in [1.82, 2.24) is 19.6 Å². The maximum Gasteiger partial charge on any atom is 0.240 e. The number of likely N-dealkylation sites (tertiary alicyclic amines) is 1. The van der Waals surface area contributed by atoms with E-state index in [0.29, 0.717) is 11.8 Å². The van der Waals surface area contributed by atoms with E-state index in [0.717, 1.165) is 51.9 Å². The summed E-state index contributed by atoms with van der Waals surface area (Å²) in [6.07, 6.45) is 8.07. The minimum atomic E-state index is -0.00877.